The molecule has 0 aromatic rings. The van der Waals surface area contributed by atoms with E-state index >= 15 is 0 Å². The lowest BCUT2D eigenvalue weighted by atomic mass is 10.1. The highest BCUT2D eigenvalue weighted by Crippen LogP contribution is 2.19. The van der Waals surface area contributed by atoms with Gasteiger partial charge in [0.1, 0.15) is 0 Å². The van der Waals surface area contributed by atoms with Gasteiger partial charge in [-0.25, -0.2) is 0 Å². The van der Waals surface area contributed by atoms with Crippen LogP contribution in [0.2, 0.25) is 0 Å². The second-order valence-corrected chi connectivity index (χ2v) is 4.04. The topological polar surface area (TPSA) is 0 Å². The highest BCUT2D eigenvalue weighted by atomic mass is 15.3. The molecule has 0 atom stereocenters. The van der Waals surface area contributed by atoms with Crippen LogP contribution in [0, 0.1) is 0 Å². The van der Waals surface area contributed by atoms with Crippen molar-refractivity contribution in [3.8, 4) is 0 Å². The average molecular weight is 168 g/mol. The van der Waals surface area contributed by atoms with Gasteiger partial charge in [-0.05, 0) is 31.8 Å². The summed E-state index contributed by atoms with van der Waals surface area (Å²) in [5.41, 5.74) is 0. The minimum atomic E-state index is 1.19. The molecule has 0 radical (unpaired) electrons. The van der Waals surface area contributed by atoms with Gasteiger partial charge in [0.15, 0.2) is 0 Å². The van der Waals surface area contributed by atoms with Gasteiger partial charge in [0.25, 0.3) is 0 Å². The number of likely N-dealkylation sites (tertiary alicyclic amines) is 1. The van der Waals surface area contributed by atoms with E-state index in [1.807, 2.05) is 0 Å². The molecule has 1 rings (SSSR count). The maximum absolute atomic E-state index is 3.87. The molecule has 1 nitrogen and oxygen atoms in total. The summed E-state index contributed by atoms with van der Waals surface area (Å²) >= 11 is 0. The number of hydrogen-bond acceptors (Lipinski definition) is 0. The van der Waals surface area contributed by atoms with Crippen LogP contribution >= 0.6 is 0 Å². The van der Waals surface area contributed by atoms with E-state index in [4.69, 9.17) is 0 Å². The highest BCUT2D eigenvalue weighted by molar-refractivity contribution is 4.68. The fraction of sp³-hybridized carbons (Fsp3) is 0.818. The molecule has 12 heavy (non-hydrogen) atoms. The van der Waals surface area contributed by atoms with Gasteiger partial charge in [-0.1, -0.05) is 13.5 Å². The molecule has 1 heteroatoms. The second kappa shape index (κ2) is 4.66. The summed E-state index contributed by atoms with van der Waals surface area (Å²) in [4.78, 5) is 0. The third-order valence-corrected chi connectivity index (χ3v) is 2.98. The highest BCUT2D eigenvalue weighted by Gasteiger charge is 2.26. The third-order valence-electron chi connectivity index (χ3n) is 2.98. The fourth-order valence-electron chi connectivity index (χ4n) is 2.43. The maximum atomic E-state index is 3.87. The minimum absolute atomic E-state index is 1.19. The molecule has 0 bridgehead atoms. The van der Waals surface area contributed by atoms with Crippen molar-refractivity contribution in [2.45, 2.75) is 32.6 Å². The van der Waals surface area contributed by atoms with Gasteiger partial charge in [-0.3, -0.25) is 0 Å². The van der Waals surface area contributed by atoms with E-state index in [1.54, 1.807) is 0 Å². The molecule has 70 valence electrons. The second-order valence-electron chi connectivity index (χ2n) is 4.04. The molecular formula is C11H22N+. The molecule has 0 saturated carbocycles. The maximum Gasteiger partial charge on any atom is 0.0971 e. The Morgan fingerprint density at radius 1 is 1.25 bits per heavy atom. The van der Waals surface area contributed by atoms with Crippen molar-refractivity contribution in [1.29, 1.82) is 0 Å². The molecule has 0 aromatic heterocycles. The Hall–Kier alpha value is -0.300. The Labute approximate surface area is 76.7 Å². The Kier molecular flexibility index (Phi) is 3.80. The molecule has 1 fully saturated rings. The molecule has 1 aliphatic heterocycles. The quantitative estimate of drug-likeness (QED) is 0.447. The van der Waals surface area contributed by atoms with Gasteiger partial charge in [0, 0.05) is 0 Å². The molecule has 1 saturated heterocycles. The van der Waals surface area contributed by atoms with Gasteiger partial charge in [-0.15, -0.1) is 0 Å². The molecule has 0 aromatic carbocycles. The molecule has 0 spiro atoms. The summed E-state index contributed by atoms with van der Waals surface area (Å²) in [7, 11) is 0. The third kappa shape index (κ3) is 2.34. The summed E-state index contributed by atoms with van der Waals surface area (Å²) in [5.74, 6) is 0. The zero-order chi connectivity index (χ0) is 8.86. The van der Waals surface area contributed by atoms with Crippen molar-refractivity contribution in [3.63, 3.8) is 0 Å². The number of quaternary nitrogens is 1. The first-order chi connectivity index (χ1) is 5.83. The Morgan fingerprint density at radius 3 is 2.42 bits per heavy atom. The van der Waals surface area contributed by atoms with Crippen LogP contribution in [0.3, 0.4) is 0 Å². The van der Waals surface area contributed by atoms with Crippen molar-refractivity contribution in [1.82, 2.24) is 0 Å². The SMILES string of the molecule is C=CC[N+]1(CCC)CCCCC1. The molecule has 0 N–H and O–H groups in total. The lowest BCUT2D eigenvalue weighted by Gasteiger charge is -2.40. The van der Waals surface area contributed by atoms with Crippen LogP contribution in [-0.2, 0) is 0 Å². The van der Waals surface area contributed by atoms with Gasteiger partial charge in [0.05, 0.1) is 26.2 Å². The predicted octanol–water partition coefficient (Wildman–Crippen LogP) is 2.58. The molecule has 1 heterocycles. The van der Waals surface area contributed by atoms with Crippen LogP contribution < -0.4 is 0 Å². The molecule has 0 aliphatic carbocycles. The largest absolute Gasteiger partial charge is 0.320 e. The minimum Gasteiger partial charge on any atom is -0.320 e. The van der Waals surface area contributed by atoms with Crippen LogP contribution in [0.25, 0.3) is 0 Å². The van der Waals surface area contributed by atoms with E-state index < -0.39 is 0 Å². The lowest BCUT2D eigenvalue weighted by Crippen LogP contribution is -2.51. The van der Waals surface area contributed by atoms with Gasteiger partial charge < -0.3 is 4.48 Å². The molecule has 0 unspecified atom stereocenters. The van der Waals surface area contributed by atoms with E-state index in [0.29, 0.717) is 0 Å². The van der Waals surface area contributed by atoms with E-state index in [-0.39, 0.29) is 0 Å². The summed E-state index contributed by atoms with van der Waals surface area (Å²) in [6, 6.07) is 0. The molecule has 0 amide bonds. The monoisotopic (exact) mass is 168 g/mol. The van der Waals surface area contributed by atoms with E-state index in [9.17, 15) is 0 Å². The van der Waals surface area contributed by atoms with Gasteiger partial charge in [-0.2, -0.15) is 0 Å². The van der Waals surface area contributed by atoms with Crippen molar-refractivity contribution in [2.24, 2.45) is 0 Å². The van der Waals surface area contributed by atoms with Crippen LogP contribution in [0.4, 0.5) is 0 Å². The number of hydrogen-bond donors (Lipinski definition) is 0. The zero-order valence-corrected chi connectivity index (χ0v) is 8.39. The average Bonchev–Trinajstić information content (AvgIpc) is 2.07. The standard InChI is InChI=1S/C11H22N/c1-3-8-12(9-4-2)10-6-5-7-11-12/h3H,1,4-11H2,2H3/q+1. The summed E-state index contributed by atoms with van der Waals surface area (Å²) in [5, 5.41) is 0. The fourth-order valence-corrected chi connectivity index (χ4v) is 2.43. The van der Waals surface area contributed by atoms with Crippen LogP contribution in [0.1, 0.15) is 32.6 Å². The van der Waals surface area contributed by atoms with E-state index in [0.717, 1.165) is 0 Å². The predicted molar refractivity (Wildman–Crippen MR) is 54.1 cm³/mol. The first-order valence-corrected chi connectivity index (χ1v) is 5.29. The molecule has 1 aliphatic rings. The zero-order valence-electron chi connectivity index (χ0n) is 8.39. The summed E-state index contributed by atoms with van der Waals surface area (Å²) in [6.45, 7) is 11.5. The van der Waals surface area contributed by atoms with Crippen LogP contribution in [0.5, 0.6) is 0 Å². The smallest absolute Gasteiger partial charge is 0.0971 e. The number of nitrogens with zero attached hydrogens (tertiary/aromatic N) is 1. The van der Waals surface area contributed by atoms with Crippen molar-refractivity contribution < 1.29 is 4.48 Å². The van der Waals surface area contributed by atoms with Crippen molar-refractivity contribution in [2.75, 3.05) is 26.2 Å². The molecular weight excluding hydrogens is 146 g/mol. The number of rotatable bonds is 4. The number of piperidine rings is 1. The Bertz CT molecular complexity index is 128. The van der Waals surface area contributed by atoms with Gasteiger partial charge in [0.2, 0.25) is 0 Å². The normalized spacial score (nSPS) is 22.1. The van der Waals surface area contributed by atoms with E-state index in [1.165, 1.54) is 56.3 Å². The lowest BCUT2D eigenvalue weighted by molar-refractivity contribution is -0.927. The van der Waals surface area contributed by atoms with Crippen LogP contribution in [-0.4, -0.2) is 30.7 Å². The Balaban J connectivity index is 2.49. The summed E-state index contributed by atoms with van der Waals surface area (Å²) in [6.07, 6.45) is 7.71. The van der Waals surface area contributed by atoms with Crippen molar-refractivity contribution >= 4 is 0 Å². The van der Waals surface area contributed by atoms with E-state index in [2.05, 4.69) is 19.6 Å². The first-order valence-electron chi connectivity index (χ1n) is 5.29. The Morgan fingerprint density at radius 2 is 1.92 bits per heavy atom. The first kappa shape index (κ1) is 9.79. The van der Waals surface area contributed by atoms with Gasteiger partial charge >= 0.3 is 0 Å². The van der Waals surface area contributed by atoms with Crippen LogP contribution in [0.15, 0.2) is 12.7 Å². The summed E-state index contributed by atoms with van der Waals surface area (Å²) < 4.78 is 1.32. The van der Waals surface area contributed by atoms with Crippen molar-refractivity contribution in [3.05, 3.63) is 12.7 Å².